The Labute approximate surface area is 282 Å². The lowest BCUT2D eigenvalue weighted by molar-refractivity contribution is -0.354. The third-order valence-electron chi connectivity index (χ3n) is 14.5. The van der Waals surface area contributed by atoms with Crippen molar-refractivity contribution in [1.82, 2.24) is 0 Å². The fourth-order valence-electron chi connectivity index (χ4n) is 11.6. The lowest BCUT2D eigenvalue weighted by Crippen LogP contribution is -2.63. The van der Waals surface area contributed by atoms with Crippen LogP contribution in [0.25, 0.3) is 0 Å². The fraction of sp³-hybridized carbons (Fsp3) is 0.917. The number of cyclic esters (lactones) is 1. The van der Waals surface area contributed by atoms with Crippen LogP contribution in [0.15, 0.2) is 11.6 Å². The van der Waals surface area contributed by atoms with Crippen LogP contribution in [0.4, 0.5) is 0 Å². The number of carbonyl (C=O) groups excluding carboxylic acids is 1. The molecule has 2 saturated heterocycles. The molecule has 0 aromatic heterocycles. The molecule has 272 valence electrons. The lowest BCUT2D eigenvalue weighted by Gasteiger charge is -2.64. The normalized spacial score (nSPS) is 55.3. The van der Waals surface area contributed by atoms with E-state index < -0.39 is 73.4 Å². The molecular weight excluding hydrogens is 624 g/mol. The fourth-order valence-corrected chi connectivity index (χ4v) is 11.6. The van der Waals surface area contributed by atoms with Crippen LogP contribution in [0.3, 0.4) is 0 Å². The third kappa shape index (κ3) is 5.43. The van der Waals surface area contributed by atoms with Gasteiger partial charge in [0.2, 0.25) is 0 Å². The summed E-state index contributed by atoms with van der Waals surface area (Å²) in [6.45, 7) is 7.79. The molecule has 7 aliphatic rings. The SMILES string of the molecule is CC1OC(OC2C(C)OC(OC3CCC4(C)C(CCC5C4CCC4(C)C(C6=CC(=O)OC6)CCC54O)C3)C(O)C2O)C(CO)C(O)C1O. The van der Waals surface area contributed by atoms with Gasteiger partial charge < -0.3 is 54.3 Å². The molecule has 48 heavy (non-hydrogen) atoms. The van der Waals surface area contributed by atoms with Gasteiger partial charge in [0.25, 0.3) is 0 Å². The van der Waals surface area contributed by atoms with E-state index in [1.54, 1.807) is 19.9 Å². The minimum atomic E-state index is -1.39. The van der Waals surface area contributed by atoms with E-state index in [4.69, 9.17) is 23.7 Å². The summed E-state index contributed by atoms with van der Waals surface area (Å²) in [6.07, 6.45) is -0.304. The summed E-state index contributed by atoms with van der Waals surface area (Å²) in [7, 11) is 0. The Morgan fingerprint density at radius 2 is 1.58 bits per heavy atom. The van der Waals surface area contributed by atoms with Gasteiger partial charge in [-0.1, -0.05) is 13.8 Å². The average molecular weight is 681 g/mol. The van der Waals surface area contributed by atoms with E-state index in [1.165, 1.54) is 0 Å². The van der Waals surface area contributed by atoms with E-state index >= 15 is 0 Å². The second-order valence-electron chi connectivity index (χ2n) is 16.7. The van der Waals surface area contributed by atoms with Crippen molar-refractivity contribution in [3.63, 3.8) is 0 Å². The molecule has 0 spiro atoms. The Balaban J connectivity index is 0.981. The Morgan fingerprint density at radius 1 is 0.833 bits per heavy atom. The number of rotatable bonds is 6. The van der Waals surface area contributed by atoms with E-state index in [0.717, 1.165) is 63.4 Å². The monoisotopic (exact) mass is 680 g/mol. The van der Waals surface area contributed by atoms with Crippen molar-refractivity contribution in [3.05, 3.63) is 11.6 Å². The van der Waals surface area contributed by atoms with Crippen LogP contribution < -0.4 is 0 Å². The molecule has 3 heterocycles. The van der Waals surface area contributed by atoms with Gasteiger partial charge in [0.1, 0.15) is 31.0 Å². The van der Waals surface area contributed by atoms with Crippen LogP contribution in [-0.4, -0.2) is 117 Å². The molecule has 12 nitrogen and oxygen atoms in total. The zero-order valence-corrected chi connectivity index (χ0v) is 28.6. The van der Waals surface area contributed by atoms with E-state index in [1.807, 2.05) is 0 Å². The molecular formula is C36H56O12. The van der Waals surface area contributed by atoms with Gasteiger partial charge in [-0.05, 0) is 106 Å². The van der Waals surface area contributed by atoms with Crippen LogP contribution in [0.1, 0.15) is 85.5 Å². The lowest BCUT2D eigenvalue weighted by atomic mass is 9.43. The van der Waals surface area contributed by atoms with Crippen molar-refractivity contribution in [2.75, 3.05) is 13.2 Å². The first kappa shape index (κ1) is 35.2. The van der Waals surface area contributed by atoms with Crippen molar-refractivity contribution < 1.29 is 59.1 Å². The Bertz CT molecular complexity index is 1250. The molecule has 6 N–H and O–H groups in total. The predicted octanol–water partition coefficient (Wildman–Crippen LogP) is 1.56. The first-order chi connectivity index (χ1) is 22.7. The van der Waals surface area contributed by atoms with E-state index in [9.17, 15) is 35.4 Å². The van der Waals surface area contributed by atoms with Crippen LogP contribution in [0.5, 0.6) is 0 Å². The van der Waals surface area contributed by atoms with Gasteiger partial charge in [-0.2, -0.15) is 0 Å². The number of ether oxygens (including phenoxy) is 5. The summed E-state index contributed by atoms with van der Waals surface area (Å²) in [4.78, 5) is 11.9. The number of hydrogen-bond donors (Lipinski definition) is 6. The molecule has 0 bridgehead atoms. The van der Waals surface area contributed by atoms with Crippen molar-refractivity contribution in [2.45, 2.75) is 152 Å². The Kier molecular flexibility index (Phi) is 9.38. The highest BCUT2D eigenvalue weighted by atomic mass is 16.7. The van der Waals surface area contributed by atoms with Gasteiger partial charge in [0, 0.05) is 11.5 Å². The second kappa shape index (κ2) is 12.8. The average Bonchev–Trinajstić information content (AvgIpc) is 3.60. The second-order valence-corrected chi connectivity index (χ2v) is 16.7. The number of aliphatic hydroxyl groups excluding tert-OH is 5. The van der Waals surface area contributed by atoms with Crippen LogP contribution in [0.2, 0.25) is 0 Å². The number of aliphatic hydroxyl groups is 6. The molecule has 7 rings (SSSR count). The number of carbonyl (C=O) groups is 1. The maximum Gasteiger partial charge on any atom is 0.331 e. The summed E-state index contributed by atoms with van der Waals surface area (Å²) in [6, 6.07) is 0. The Hall–Kier alpha value is -1.19. The smallest absolute Gasteiger partial charge is 0.331 e. The molecule has 18 atom stereocenters. The van der Waals surface area contributed by atoms with Crippen LogP contribution >= 0.6 is 0 Å². The highest BCUT2D eigenvalue weighted by Crippen LogP contribution is 2.70. The molecule has 4 aliphatic carbocycles. The molecule has 4 saturated carbocycles. The highest BCUT2D eigenvalue weighted by molar-refractivity contribution is 5.85. The van der Waals surface area contributed by atoms with Crippen LogP contribution in [-0.2, 0) is 28.5 Å². The van der Waals surface area contributed by atoms with Crippen molar-refractivity contribution in [1.29, 1.82) is 0 Å². The zero-order chi connectivity index (χ0) is 34.3. The summed E-state index contributed by atoms with van der Waals surface area (Å²) in [5.74, 6) is -0.0346. The number of hydrogen-bond acceptors (Lipinski definition) is 12. The van der Waals surface area contributed by atoms with Crippen molar-refractivity contribution in [3.8, 4) is 0 Å². The topological polar surface area (TPSA) is 185 Å². The predicted molar refractivity (Wildman–Crippen MR) is 169 cm³/mol. The Morgan fingerprint density at radius 3 is 2.29 bits per heavy atom. The summed E-state index contributed by atoms with van der Waals surface area (Å²) < 4.78 is 29.5. The zero-order valence-electron chi connectivity index (χ0n) is 28.6. The molecule has 0 radical (unpaired) electrons. The van der Waals surface area contributed by atoms with Gasteiger partial charge in [-0.3, -0.25) is 0 Å². The molecule has 6 fully saturated rings. The molecule has 0 aromatic rings. The summed E-state index contributed by atoms with van der Waals surface area (Å²) >= 11 is 0. The molecule has 18 unspecified atom stereocenters. The molecule has 3 aliphatic heterocycles. The highest BCUT2D eigenvalue weighted by Gasteiger charge is 2.68. The molecule has 12 heteroatoms. The van der Waals surface area contributed by atoms with E-state index in [2.05, 4.69) is 13.8 Å². The minimum absolute atomic E-state index is 0.0555. The van der Waals surface area contributed by atoms with Gasteiger partial charge in [0.05, 0.1) is 42.5 Å². The minimum Gasteiger partial charge on any atom is -0.458 e. The van der Waals surface area contributed by atoms with Crippen LogP contribution in [0, 0.1) is 40.4 Å². The van der Waals surface area contributed by atoms with Gasteiger partial charge in [-0.15, -0.1) is 0 Å². The van der Waals surface area contributed by atoms with Crippen molar-refractivity contribution >= 4 is 5.97 Å². The van der Waals surface area contributed by atoms with Gasteiger partial charge in [-0.25, -0.2) is 4.79 Å². The molecule has 0 amide bonds. The third-order valence-corrected chi connectivity index (χ3v) is 14.5. The molecule has 0 aromatic carbocycles. The van der Waals surface area contributed by atoms with E-state index in [-0.39, 0.29) is 34.7 Å². The van der Waals surface area contributed by atoms with Gasteiger partial charge in [0.15, 0.2) is 12.6 Å². The number of esters is 1. The standard InChI is InChI=1S/C36H56O12/c1-17-27(39)28(40)22(15-37)32(45-17)48-31-18(2)46-33(30(42)29(31)41)47-21-7-10-34(3)20(14-21)5-6-25-24(34)8-11-35(4)23(9-12-36(25,35)43)19-13-26(38)44-16-19/h13,17-18,20-25,27-33,37,39-43H,5-12,14-16H2,1-4H3. The summed E-state index contributed by atoms with van der Waals surface area (Å²) in [5.41, 5.74) is 0.0606. The maximum atomic E-state index is 12.5. The first-order valence-corrected chi connectivity index (χ1v) is 18.3. The van der Waals surface area contributed by atoms with Crippen molar-refractivity contribution in [2.24, 2.45) is 40.4 Å². The van der Waals surface area contributed by atoms with E-state index in [0.29, 0.717) is 18.4 Å². The maximum absolute atomic E-state index is 12.5. The quantitative estimate of drug-likeness (QED) is 0.176. The number of fused-ring (bicyclic) bond motifs is 5. The van der Waals surface area contributed by atoms with Gasteiger partial charge >= 0.3 is 5.97 Å². The summed E-state index contributed by atoms with van der Waals surface area (Å²) in [5, 5.41) is 65.2. The largest absolute Gasteiger partial charge is 0.458 e. The first-order valence-electron chi connectivity index (χ1n) is 18.3.